The van der Waals surface area contributed by atoms with Gasteiger partial charge in [0.25, 0.3) is 0 Å². The molecule has 1 heterocycles. The highest BCUT2D eigenvalue weighted by Crippen LogP contribution is 2.22. The van der Waals surface area contributed by atoms with Crippen molar-refractivity contribution >= 4 is 11.6 Å². The van der Waals surface area contributed by atoms with Gasteiger partial charge in [-0.25, -0.2) is 9.37 Å². The third kappa shape index (κ3) is 2.40. The number of aliphatic hydroxyl groups excluding tert-OH is 1. The lowest BCUT2D eigenvalue weighted by molar-refractivity contribution is 0.169. The number of aromatic nitrogens is 2. The van der Waals surface area contributed by atoms with Crippen LogP contribution in [0.15, 0.2) is 30.6 Å². The van der Waals surface area contributed by atoms with Crippen molar-refractivity contribution in [3.05, 3.63) is 52.8 Å². The predicted octanol–water partition coefficient (Wildman–Crippen LogP) is 2.48. The average Bonchev–Trinajstić information content (AvgIpc) is 2.75. The number of benzene rings is 1. The zero-order chi connectivity index (χ0) is 11.5. The summed E-state index contributed by atoms with van der Waals surface area (Å²) in [5.41, 5.74) is 0.687. The number of hydrogen-bond donors (Lipinski definition) is 2. The van der Waals surface area contributed by atoms with E-state index in [9.17, 15) is 9.50 Å². The van der Waals surface area contributed by atoms with Gasteiger partial charge in [-0.1, -0.05) is 17.7 Å². The fraction of sp³-hybridized carbons (Fsp3) is 0.182. The van der Waals surface area contributed by atoms with Crippen LogP contribution in [0.5, 0.6) is 0 Å². The molecule has 0 spiro atoms. The number of halogens is 2. The Morgan fingerprint density at radius 2 is 2.31 bits per heavy atom. The summed E-state index contributed by atoms with van der Waals surface area (Å²) in [6.45, 7) is 0. The molecular weight excluding hydrogens is 231 g/mol. The molecular formula is C11H10ClFN2O. The smallest absolute Gasteiger partial charge is 0.135 e. The highest BCUT2D eigenvalue weighted by atomic mass is 35.5. The van der Waals surface area contributed by atoms with Crippen molar-refractivity contribution in [1.82, 2.24) is 9.97 Å². The second-order valence-electron chi connectivity index (χ2n) is 3.43. The maximum absolute atomic E-state index is 12.8. The van der Waals surface area contributed by atoms with Gasteiger partial charge in [-0.2, -0.15) is 0 Å². The van der Waals surface area contributed by atoms with Crippen LogP contribution >= 0.6 is 11.6 Å². The number of imidazole rings is 1. The second-order valence-corrected chi connectivity index (χ2v) is 3.84. The van der Waals surface area contributed by atoms with Crippen molar-refractivity contribution in [3.63, 3.8) is 0 Å². The number of rotatable bonds is 3. The van der Waals surface area contributed by atoms with Crippen LogP contribution in [0.3, 0.4) is 0 Å². The van der Waals surface area contributed by atoms with Gasteiger partial charge >= 0.3 is 0 Å². The Morgan fingerprint density at radius 3 is 2.94 bits per heavy atom. The van der Waals surface area contributed by atoms with Crippen LogP contribution < -0.4 is 0 Å². The summed E-state index contributed by atoms with van der Waals surface area (Å²) in [5, 5.41) is 10.1. The van der Waals surface area contributed by atoms with E-state index in [1.165, 1.54) is 12.1 Å². The molecule has 84 valence electrons. The molecule has 3 nitrogen and oxygen atoms in total. The van der Waals surface area contributed by atoms with E-state index in [1.807, 2.05) is 0 Å². The summed E-state index contributed by atoms with van der Waals surface area (Å²) >= 11 is 5.85. The molecule has 1 unspecified atom stereocenters. The van der Waals surface area contributed by atoms with E-state index in [-0.39, 0.29) is 5.82 Å². The van der Waals surface area contributed by atoms with Crippen molar-refractivity contribution in [1.29, 1.82) is 0 Å². The fourth-order valence-electron chi connectivity index (χ4n) is 1.45. The summed E-state index contributed by atoms with van der Waals surface area (Å²) in [7, 11) is 0. The summed E-state index contributed by atoms with van der Waals surface area (Å²) < 4.78 is 12.8. The first-order valence-electron chi connectivity index (χ1n) is 4.78. The minimum absolute atomic E-state index is 0.298. The zero-order valence-electron chi connectivity index (χ0n) is 8.32. The molecule has 2 rings (SSSR count). The lowest BCUT2D eigenvalue weighted by Gasteiger charge is -2.09. The summed E-state index contributed by atoms with van der Waals surface area (Å²) in [6.07, 6.45) is 2.72. The maximum Gasteiger partial charge on any atom is 0.135 e. The standard InChI is InChI=1S/C11H10ClFN2O/c12-9-6-8(13)2-1-7(9)5-10(16)11-14-3-4-15-11/h1-4,6,10,16H,5H2,(H,14,15). The Morgan fingerprint density at radius 1 is 1.50 bits per heavy atom. The third-order valence-electron chi connectivity index (χ3n) is 2.26. The van der Waals surface area contributed by atoms with Gasteiger partial charge in [-0.15, -0.1) is 0 Å². The Hall–Kier alpha value is -1.39. The van der Waals surface area contributed by atoms with Gasteiger partial charge in [-0.05, 0) is 17.7 Å². The molecule has 5 heteroatoms. The van der Waals surface area contributed by atoms with Gasteiger partial charge < -0.3 is 10.1 Å². The molecule has 1 aromatic heterocycles. The van der Waals surface area contributed by atoms with Crippen LogP contribution in [0, 0.1) is 5.82 Å². The van der Waals surface area contributed by atoms with E-state index in [0.717, 1.165) is 0 Å². The minimum atomic E-state index is -0.766. The number of aliphatic hydroxyl groups is 1. The van der Waals surface area contributed by atoms with E-state index >= 15 is 0 Å². The maximum atomic E-state index is 12.8. The average molecular weight is 241 g/mol. The summed E-state index contributed by atoms with van der Waals surface area (Å²) in [4.78, 5) is 6.75. The first-order valence-corrected chi connectivity index (χ1v) is 5.16. The number of nitrogens with zero attached hydrogens (tertiary/aromatic N) is 1. The molecule has 2 aromatic rings. The monoisotopic (exact) mass is 240 g/mol. The Labute approximate surface area is 96.9 Å². The van der Waals surface area contributed by atoms with Crippen molar-refractivity contribution in [3.8, 4) is 0 Å². The van der Waals surface area contributed by atoms with E-state index in [0.29, 0.717) is 22.8 Å². The van der Waals surface area contributed by atoms with Gasteiger partial charge in [0.05, 0.1) is 0 Å². The van der Waals surface area contributed by atoms with Crippen LogP contribution in [0.4, 0.5) is 4.39 Å². The molecule has 0 radical (unpaired) electrons. The first-order chi connectivity index (χ1) is 7.66. The molecule has 0 aliphatic heterocycles. The van der Waals surface area contributed by atoms with Crippen molar-refractivity contribution in [2.24, 2.45) is 0 Å². The van der Waals surface area contributed by atoms with Gasteiger partial charge in [-0.3, -0.25) is 0 Å². The largest absolute Gasteiger partial charge is 0.385 e. The Bertz CT molecular complexity index is 473. The van der Waals surface area contributed by atoms with Crippen LogP contribution in [0.1, 0.15) is 17.5 Å². The molecule has 1 aromatic carbocycles. The molecule has 16 heavy (non-hydrogen) atoms. The van der Waals surface area contributed by atoms with E-state index in [2.05, 4.69) is 9.97 Å². The predicted molar refractivity (Wildman–Crippen MR) is 58.7 cm³/mol. The molecule has 0 saturated carbocycles. The molecule has 2 N–H and O–H groups in total. The van der Waals surface area contributed by atoms with Crippen LogP contribution in [-0.2, 0) is 6.42 Å². The Kier molecular flexibility index (Phi) is 3.22. The molecule has 1 atom stereocenters. The second kappa shape index (κ2) is 4.63. The number of H-pyrrole nitrogens is 1. The van der Waals surface area contributed by atoms with Crippen molar-refractivity contribution in [2.75, 3.05) is 0 Å². The van der Waals surface area contributed by atoms with E-state index in [4.69, 9.17) is 11.6 Å². The number of aromatic amines is 1. The third-order valence-corrected chi connectivity index (χ3v) is 2.62. The van der Waals surface area contributed by atoms with Gasteiger partial charge in [0.2, 0.25) is 0 Å². The van der Waals surface area contributed by atoms with Gasteiger partial charge in [0, 0.05) is 23.8 Å². The molecule has 0 bridgehead atoms. The molecule has 0 fully saturated rings. The van der Waals surface area contributed by atoms with Gasteiger partial charge in [0.15, 0.2) is 0 Å². The SMILES string of the molecule is OC(Cc1ccc(F)cc1Cl)c1ncc[nH]1. The quantitative estimate of drug-likeness (QED) is 0.866. The molecule has 0 saturated heterocycles. The molecule has 0 amide bonds. The van der Waals surface area contributed by atoms with Gasteiger partial charge in [0.1, 0.15) is 17.7 Å². The lowest BCUT2D eigenvalue weighted by Crippen LogP contribution is -2.04. The van der Waals surface area contributed by atoms with Crippen LogP contribution in [-0.4, -0.2) is 15.1 Å². The van der Waals surface area contributed by atoms with Crippen LogP contribution in [0.2, 0.25) is 5.02 Å². The van der Waals surface area contributed by atoms with Crippen molar-refractivity contribution in [2.45, 2.75) is 12.5 Å². The summed E-state index contributed by atoms with van der Waals surface area (Å²) in [5.74, 6) is 0.0848. The number of hydrogen-bond acceptors (Lipinski definition) is 2. The normalized spacial score (nSPS) is 12.7. The zero-order valence-corrected chi connectivity index (χ0v) is 9.08. The highest BCUT2D eigenvalue weighted by Gasteiger charge is 2.13. The highest BCUT2D eigenvalue weighted by molar-refractivity contribution is 6.31. The van der Waals surface area contributed by atoms with Crippen LogP contribution in [0.25, 0.3) is 0 Å². The minimum Gasteiger partial charge on any atom is -0.385 e. The first kappa shape index (κ1) is 11.1. The molecule has 0 aliphatic rings. The van der Waals surface area contributed by atoms with E-state index in [1.54, 1.807) is 18.5 Å². The topological polar surface area (TPSA) is 48.9 Å². The fourth-order valence-corrected chi connectivity index (χ4v) is 1.70. The summed E-state index contributed by atoms with van der Waals surface area (Å²) in [6, 6.07) is 4.10. The number of nitrogens with one attached hydrogen (secondary N) is 1. The van der Waals surface area contributed by atoms with E-state index < -0.39 is 6.10 Å². The van der Waals surface area contributed by atoms with Crippen molar-refractivity contribution < 1.29 is 9.50 Å². The lowest BCUT2D eigenvalue weighted by atomic mass is 10.1. The molecule has 0 aliphatic carbocycles. The Balaban J connectivity index is 2.15.